The number of hydrogen-bond donors (Lipinski definition) is 1. The first-order chi connectivity index (χ1) is 9.61. The van der Waals surface area contributed by atoms with E-state index in [1.165, 1.54) is 0 Å². The van der Waals surface area contributed by atoms with Crippen molar-refractivity contribution >= 4 is 0 Å². The van der Waals surface area contributed by atoms with Crippen molar-refractivity contribution in [3.63, 3.8) is 0 Å². The molecule has 0 heterocycles. The van der Waals surface area contributed by atoms with Gasteiger partial charge in [0.05, 0.1) is 6.61 Å². The Hall–Kier alpha value is -1.07. The predicted octanol–water partition coefficient (Wildman–Crippen LogP) is 4.55. The highest BCUT2D eigenvalue weighted by molar-refractivity contribution is 5.37. The molecule has 1 atom stereocenters. The van der Waals surface area contributed by atoms with Gasteiger partial charge in [-0.3, -0.25) is 0 Å². The van der Waals surface area contributed by atoms with Crippen molar-refractivity contribution in [2.75, 3.05) is 13.2 Å². The molecule has 0 fully saturated rings. The lowest BCUT2D eigenvalue weighted by atomic mass is 9.89. The van der Waals surface area contributed by atoms with Gasteiger partial charge in [-0.2, -0.15) is 13.2 Å². The van der Waals surface area contributed by atoms with Gasteiger partial charge in [0, 0.05) is 0 Å². The summed E-state index contributed by atoms with van der Waals surface area (Å²) >= 11 is 0. The van der Waals surface area contributed by atoms with Crippen LogP contribution in [0.3, 0.4) is 0 Å². The Balaban J connectivity index is 2.85. The molecule has 0 aromatic heterocycles. The minimum Gasteiger partial charge on any atom is -0.386 e. The Morgan fingerprint density at radius 1 is 1.05 bits per heavy atom. The van der Waals surface area contributed by atoms with Crippen LogP contribution in [-0.4, -0.2) is 24.5 Å². The van der Waals surface area contributed by atoms with E-state index in [9.17, 15) is 18.3 Å². The van der Waals surface area contributed by atoms with Crippen LogP contribution in [-0.2, 0) is 4.74 Å². The van der Waals surface area contributed by atoms with Gasteiger partial charge in [0.15, 0.2) is 0 Å². The molecular formula is C16H23F3O2. The van der Waals surface area contributed by atoms with E-state index < -0.39 is 18.9 Å². The number of alkyl halides is 3. The van der Waals surface area contributed by atoms with Crippen LogP contribution in [0, 0.1) is 0 Å². The average Bonchev–Trinajstić information content (AvgIpc) is 2.36. The summed E-state index contributed by atoms with van der Waals surface area (Å²) in [5.41, 5.74) is 2.73. The lowest BCUT2D eigenvalue weighted by Crippen LogP contribution is -2.20. The zero-order chi connectivity index (χ0) is 16.2. The van der Waals surface area contributed by atoms with Gasteiger partial charge < -0.3 is 9.84 Å². The van der Waals surface area contributed by atoms with Crippen LogP contribution in [0.5, 0.6) is 0 Å². The minimum absolute atomic E-state index is 0.177. The lowest BCUT2D eigenvalue weighted by Gasteiger charge is -2.20. The molecular weight excluding hydrogens is 281 g/mol. The fraction of sp³-hybridized carbons (Fsp3) is 0.625. The Labute approximate surface area is 123 Å². The summed E-state index contributed by atoms with van der Waals surface area (Å²) < 4.78 is 40.7. The SMILES string of the molecule is CC(C)c1ccc(C(O)COCC(F)(F)F)c(C(C)C)c1. The molecule has 21 heavy (non-hydrogen) atoms. The molecule has 1 unspecified atom stereocenters. The highest BCUT2D eigenvalue weighted by atomic mass is 19.4. The van der Waals surface area contributed by atoms with E-state index >= 15 is 0 Å². The quantitative estimate of drug-likeness (QED) is 0.835. The van der Waals surface area contributed by atoms with Gasteiger partial charge in [-0.05, 0) is 28.5 Å². The Kier molecular flexibility index (Phi) is 6.23. The van der Waals surface area contributed by atoms with Crippen LogP contribution in [0.25, 0.3) is 0 Å². The number of ether oxygens (including phenoxy) is 1. The van der Waals surface area contributed by atoms with Gasteiger partial charge in [-0.1, -0.05) is 45.9 Å². The molecule has 120 valence electrons. The van der Waals surface area contributed by atoms with Crippen molar-refractivity contribution in [1.29, 1.82) is 0 Å². The number of aliphatic hydroxyl groups excluding tert-OH is 1. The van der Waals surface area contributed by atoms with E-state index in [2.05, 4.69) is 18.6 Å². The molecule has 0 radical (unpaired) electrons. The summed E-state index contributed by atoms with van der Waals surface area (Å²) in [4.78, 5) is 0. The van der Waals surface area contributed by atoms with Gasteiger partial charge in [0.2, 0.25) is 0 Å². The third kappa shape index (κ3) is 5.67. The fourth-order valence-electron chi connectivity index (χ4n) is 2.13. The highest BCUT2D eigenvalue weighted by Crippen LogP contribution is 2.29. The molecule has 0 saturated heterocycles. The zero-order valence-corrected chi connectivity index (χ0v) is 12.9. The van der Waals surface area contributed by atoms with E-state index in [0.29, 0.717) is 11.5 Å². The molecule has 0 spiro atoms. The van der Waals surface area contributed by atoms with Crippen LogP contribution < -0.4 is 0 Å². The molecule has 0 bridgehead atoms. The molecule has 5 heteroatoms. The molecule has 0 amide bonds. The summed E-state index contributed by atoms with van der Waals surface area (Å²) in [6, 6.07) is 5.70. The molecule has 1 aromatic rings. The van der Waals surface area contributed by atoms with Crippen LogP contribution in [0.1, 0.15) is 62.3 Å². The molecule has 2 nitrogen and oxygen atoms in total. The molecule has 0 aliphatic heterocycles. The van der Waals surface area contributed by atoms with Crippen LogP contribution in [0.15, 0.2) is 18.2 Å². The number of rotatable bonds is 6. The van der Waals surface area contributed by atoms with E-state index in [1.54, 1.807) is 6.07 Å². The number of hydrogen-bond acceptors (Lipinski definition) is 2. The molecule has 0 aliphatic rings. The van der Waals surface area contributed by atoms with Crippen molar-refractivity contribution in [3.05, 3.63) is 34.9 Å². The van der Waals surface area contributed by atoms with Crippen molar-refractivity contribution in [1.82, 2.24) is 0 Å². The predicted molar refractivity (Wildman–Crippen MR) is 76.5 cm³/mol. The maximum absolute atomic E-state index is 12.1. The van der Waals surface area contributed by atoms with E-state index in [4.69, 9.17) is 0 Å². The average molecular weight is 304 g/mol. The molecule has 1 rings (SSSR count). The summed E-state index contributed by atoms with van der Waals surface area (Å²) in [6.07, 6.45) is -5.42. The Bertz CT molecular complexity index is 453. The Morgan fingerprint density at radius 2 is 1.67 bits per heavy atom. The molecule has 0 aliphatic carbocycles. The van der Waals surface area contributed by atoms with Gasteiger partial charge >= 0.3 is 6.18 Å². The zero-order valence-electron chi connectivity index (χ0n) is 12.9. The molecule has 1 aromatic carbocycles. The maximum Gasteiger partial charge on any atom is 0.411 e. The standard InChI is InChI=1S/C16H23F3O2/c1-10(2)12-5-6-13(14(7-12)11(3)4)15(20)8-21-9-16(17,18)19/h5-7,10-11,15,20H,8-9H2,1-4H3. The monoisotopic (exact) mass is 304 g/mol. The molecule has 1 N–H and O–H groups in total. The van der Waals surface area contributed by atoms with Gasteiger partial charge in [0.25, 0.3) is 0 Å². The summed E-state index contributed by atoms with van der Waals surface area (Å²) in [5.74, 6) is 0.533. The van der Waals surface area contributed by atoms with Crippen molar-refractivity contribution in [2.45, 2.75) is 51.8 Å². The van der Waals surface area contributed by atoms with E-state index in [-0.39, 0.29) is 12.5 Å². The lowest BCUT2D eigenvalue weighted by molar-refractivity contribution is -0.179. The minimum atomic E-state index is -4.37. The van der Waals surface area contributed by atoms with Gasteiger partial charge in [0.1, 0.15) is 12.7 Å². The van der Waals surface area contributed by atoms with Crippen molar-refractivity contribution in [2.24, 2.45) is 0 Å². The second-order valence-electron chi connectivity index (χ2n) is 5.84. The van der Waals surface area contributed by atoms with Crippen molar-refractivity contribution < 1.29 is 23.0 Å². The summed E-state index contributed by atoms with van der Waals surface area (Å²) in [5, 5.41) is 10.1. The van der Waals surface area contributed by atoms with Crippen LogP contribution in [0.2, 0.25) is 0 Å². The van der Waals surface area contributed by atoms with Crippen molar-refractivity contribution in [3.8, 4) is 0 Å². The fourth-order valence-corrected chi connectivity index (χ4v) is 2.13. The second-order valence-corrected chi connectivity index (χ2v) is 5.84. The smallest absolute Gasteiger partial charge is 0.386 e. The first-order valence-corrected chi connectivity index (χ1v) is 7.08. The van der Waals surface area contributed by atoms with Crippen LogP contribution >= 0.6 is 0 Å². The summed E-state index contributed by atoms with van der Waals surface area (Å²) in [7, 11) is 0. The number of halogens is 3. The largest absolute Gasteiger partial charge is 0.411 e. The highest BCUT2D eigenvalue weighted by Gasteiger charge is 2.28. The van der Waals surface area contributed by atoms with Crippen LogP contribution in [0.4, 0.5) is 13.2 Å². The van der Waals surface area contributed by atoms with E-state index in [1.807, 2.05) is 26.0 Å². The number of benzene rings is 1. The first-order valence-electron chi connectivity index (χ1n) is 7.08. The molecule has 0 saturated carbocycles. The van der Waals surface area contributed by atoms with E-state index in [0.717, 1.165) is 11.1 Å². The Morgan fingerprint density at radius 3 is 2.14 bits per heavy atom. The number of aliphatic hydroxyl groups is 1. The second kappa shape index (κ2) is 7.27. The third-order valence-corrected chi connectivity index (χ3v) is 3.30. The first kappa shape index (κ1) is 18.0. The topological polar surface area (TPSA) is 29.5 Å². The van der Waals surface area contributed by atoms with Gasteiger partial charge in [-0.25, -0.2) is 0 Å². The summed E-state index contributed by atoms with van der Waals surface area (Å²) in [6.45, 7) is 6.42. The maximum atomic E-state index is 12.1. The van der Waals surface area contributed by atoms with Gasteiger partial charge in [-0.15, -0.1) is 0 Å². The normalized spacial score (nSPS) is 14.0. The third-order valence-electron chi connectivity index (χ3n) is 3.30.